The molecule has 0 bridgehead atoms. The van der Waals surface area contributed by atoms with Gasteiger partial charge in [-0.3, -0.25) is 4.79 Å². The lowest BCUT2D eigenvalue weighted by Gasteiger charge is -2.47. The number of rotatable bonds is 12. The molecule has 7 atom stereocenters. The lowest BCUT2D eigenvalue weighted by Crippen LogP contribution is -2.68. The molecule has 0 aromatic heterocycles. The topological polar surface area (TPSA) is 166 Å². The zero-order chi connectivity index (χ0) is 32.5. The minimum absolute atomic E-state index is 0.118. The number of esters is 3. The number of ether oxygens (including phenoxy) is 4. The van der Waals surface area contributed by atoms with Crippen LogP contribution in [0.4, 0.5) is 0 Å². The molecule has 0 aliphatic heterocycles. The highest BCUT2D eigenvalue weighted by atomic mass is 16.6. The Hall–Kier alpha value is -3.54. The molecule has 1 aliphatic carbocycles. The zero-order valence-corrected chi connectivity index (χ0v) is 25.8. The fourth-order valence-electron chi connectivity index (χ4n) is 4.15. The zero-order valence-electron chi connectivity index (χ0n) is 25.8. The van der Waals surface area contributed by atoms with Crippen LogP contribution in [0.3, 0.4) is 0 Å². The van der Waals surface area contributed by atoms with Crippen molar-refractivity contribution in [3.8, 4) is 0 Å². The fourth-order valence-corrected chi connectivity index (χ4v) is 4.15. The molecule has 1 saturated carbocycles. The van der Waals surface area contributed by atoms with E-state index in [9.17, 15) is 34.5 Å². The van der Waals surface area contributed by atoms with Crippen LogP contribution in [0.1, 0.15) is 61.8 Å². The lowest BCUT2D eigenvalue weighted by molar-refractivity contribution is -0.210. The first kappa shape index (κ1) is 36.5. The Morgan fingerprint density at radius 3 is 1.90 bits per heavy atom. The van der Waals surface area contributed by atoms with Crippen LogP contribution in [0.5, 0.6) is 0 Å². The molecule has 1 aliphatic rings. The molecule has 1 fully saturated rings. The van der Waals surface area contributed by atoms with Crippen LogP contribution >= 0.6 is 0 Å². The lowest BCUT2D eigenvalue weighted by atomic mass is 9.68. The van der Waals surface area contributed by atoms with Crippen molar-refractivity contribution < 1.29 is 53.4 Å². The van der Waals surface area contributed by atoms with E-state index in [2.05, 4.69) is 6.58 Å². The highest BCUT2D eigenvalue weighted by molar-refractivity contribution is 5.97. The largest absolute Gasteiger partial charge is 0.504 e. The highest BCUT2D eigenvalue weighted by Crippen LogP contribution is 2.40. The molecule has 0 saturated heterocycles. The maximum Gasteiger partial charge on any atom is 0.334 e. The Kier molecular flexibility index (Phi) is 13.6. The smallest absolute Gasteiger partial charge is 0.334 e. The van der Waals surface area contributed by atoms with Crippen molar-refractivity contribution in [2.75, 3.05) is 7.11 Å². The summed E-state index contributed by atoms with van der Waals surface area (Å²) in [7, 11) is 1.39. The van der Waals surface area contributed by atoms with Crippen molar-refractivity contribution in [1.29, 1.82) is 0 Å². The van der Waals surface area contributed by atoms with Gasteiger partial charge >= 0.3 is 17.9 Å². The van der Waals surface area contributed by atoms with Crippen molar-refractivity contribution in [2.45, 2.75) is 97.9 Å². The Bertz CT molecular complexity index is 1170. The van der Waals surface area contributed by atoms with Crippen LogP contribution < -0.4 is 0 Å². The molecular formula is C31H44O11. The van der Waals surface area contributed by atoms with Gasteiger partial charge in [0.1, 0.15) is 12.2 Å². The minimum atomic E-state index is -2.49. The average molecular weight is 593 g/mol. The first-order valence-electron chi connectivity index (χ1n) is 13.5. The molecule has 0 heterocycles. The van der Waals surface area contributed by atoms with E-state index in [0.717, 1.165) is 6.92 Å². The third-order valence-electron chi connectivity index (χ3n) is 7.41. The SMILES string of the molecule is C=C(C(CC(O)/C(C)=C/OC)OC(=O)/C(C)=C\C)[C@H]1[C@H](O)[C@H](OC(=O)/C(C)=C\C)[C@@](C)(O)C(=O)[C@@H]1OC(=O)/C(C)=C\C. The van der Waals surface area contributed by atoms with Gasteiger partial charge in [-0.2, -0.15) is 0 Å². The van der Waals surface area contributed by atoms with Crippen LogP contribution in [0.2, 0.25) is 0 Å². The van der Waals surface area contributed by atoms with Crippen LogP contribution in [-0.2, 0) is 38.1 Å². The monoisotopic (exact) mass is 592 g/mol. The second-order valence-electron chi connectivity index (χ2n) is 10.4. The third-order valence-corrected chi connectivity index (χ3v) is 7.41. The first-order valence-corrected chi connectivity index (χ1v) is 13.5. The quantitative estimate of drug-likeness (QED) is 0.100. The van der Waals surface area contributed by atoms with Gasteiger partial charge in [-0.25, -0.2) is 14.4 Å². The van der Waals surface area contributed by atoms with E-state index in [1.54, 1.807) is 27.7 Å². The number of hydrogen-bond donors (Lipinski definition) is 3. The maximum atomic E-state index is 13.7. The number of aliphatic hydroxyl groups is 3. The van der Waals surface area contributed by atoms with E-state index in [-0.39, 0.29) is 28.7 Å². The molecule has 0 amide bonds. The van der Waals surface area contributed by atoms with Gasteiger partial charge in [0.15, 0.2) is 17.8 Å². The van der Waals surface area contributed by atoms with E-state index in [0.29, 0.717) is 5.57 Å². The molecular weight excluding hydrogens is 548 g/mol. The first-order chi connectivity index (χ1) is 19.5. The summed E-state index contributed by atoms with van der Waals surface area (Å²) in [5.41, 5.74) is -1.71. The summed E-state index contributed by atoms with van der Waals surface area (Å²) in [5.74, 6) is -5.18. The van der Waals surface area contributed by atoms with Crippen molar-refractivity contribution in [3.63, 3.8) is 0 Å². The summed E-state index contributed by atoms with van der Waals surface area (Å²) in [6, 6.07) is 0. The van der Waals surface area contributed by atoms with E-state index < -0.39 is 65.7 Å². The second kappa shape index (κ2) is 15.6. The van der Waals surface area contributed by atoms with Crippen LogP contribution in [0.15, 0.2) is 58.9 Å². The maximum absolute atomic E-state index is 13.7. The predicted molar refractivity (Wildman–Crippen MR) is 154 cm³/mol. The Balaban J connectivity index is 3.78. The number of ketones is 1. The second-order valence-corrected chi connectivity index (χ2v) is 10.4. The van der Waals surface area contributed by atoms with E-state index >= 15 is 0 Å². The van der Waals surface area contributed by atoms with Crippen molar-refractivity contribution in [1.82, 2.24) is 0 Å². The number of Topliss-reactive ketones (excluding diaryl/α,β-unsaturated/α-hetero) is 1. The van der Waals surface area contributed by atoms with Gasteiger partial charge in [-0.15, -0.1) is 0 Å². The van der Waals surface area contributed by atoms with Crippen LogP contribution in [0.25, 0.3) is 0 Å². The molecule has 1 rings (SSSR count). The van der Waals surface area contributed by atoms with Crippen LogP contribution in [-0.4, -0.2) is 82.2 Å². The normalized spacial score (nSPS) is 27.1. The molecule has 3 N–H and O–H groups in total. The molecule has 0 radical (unpaired) electrons. The van der Waals surface area contributed by atoms with Gasteiger partial charge in [0.05, 0.1) is 25.4 Å². The fraction of sp³-hybridized carbons (Fsp3) is 0.548. The highest BCUT2D eigenvalue weighted by Gasteiger charge is 2.61. The van der Waals surface area contributed by atoms with E-state index in [1.807, 2.05) is 0 Å². The number of methoxy groups -OCH3 is 1. The third kappa shape index (κ3) is 8.50. The summed E-state index contributed by atoms with van der Waals surface area (Å²) < 4.78 is 21.5. The Morgan fingerprint density at radius 2 is 1.43 bits per heavy atom. The van der Waals surface area contributed by atoms with Gasteiger partial charge in [0.25, 0.3) is 0 Å². The van der Waals surface area contributed by atoms with Gasteiger partial charge in [0.2, 0.25) is 5.78 Å². The number of allylic oxidation sites excluding steroid dienone is 3. The van der Waals surface area contributed by atoms with Crippen molar-refractivity contribution in [3.05, 3.63) is 58.9 Å². The number of carbonyl (C=O) groups is 4. The Morgan fingerprint density at radius 1 is 0.952 bits per heavy atom. The van der Waals surface area contributed by atoms with E-state index in [4.69, 9.17) is 18.9 Å². The van der Waals surface area contributed by atoms with E-state index in [1.165, 1.54) is 52.4 Å². The number of hydrogen-bond acceptors (Lipinski definition) is 11. The number of aliphatic hydroxyl groups excluding tert-OH is 2. The standard InChI is InChI=1S/C31H44O11/c1-11-16(4)28(35)40-22(14-21(32)19(7)15-39-10)20(8)23-24(33)27(42-30(37)18(6)13-3)31(9,38)26(34)25(23)41-29(36)17(5)12-2/h11-13,15,21-25,27,32-33,38H,8,14H2,1-7,9-10H3/b16-11-,17-12-,18-13-,19-15+/t21?,22?,23-,24-,25+,27-,31-/m0/s1. The average Bonchev–Trinajstić information content (AvgIpc) is 2.95. The van der Waals surface area contributed by atoms with Crippen molar-refractivity contribution >= 4 is 23.7 Å². The summed E-state index contributed by atoms with van der Waals surface area (Å²) in [6.45, 7) is 15.8. The molecule has 0 aromatic rings. The molecule has 0 aromatic carbocycles. The molecule has 42 heavy (non-hydrogen) atoms. The van der Waals surface area contributed by atoms with Crippen molar-refractivity contribution in [2.24, 2.45) is 5.92 Å². The van der Waals surface area contributed by atoms with Gasteiger partial charge < -0.3 is 34.3 Å². The predicted octanol–water partition coefficient (Wildman–Crippen LogP) is 2.79. The van der Waals surface area contributed by atoms with Crippen LogP contribution in [0, 0.1) is 5.92 Å². The summed E-state index contributed by atoms with van der Waals surface area (Å²) in [5, 5.41) is 33.6. The molecule has 234 valence electrons. The Labute approximate surface area is 247 Å². The molecule has 11 heteroatoms. The molecule has 11 nitrogen and oxygen atoms in total. The minimum Gasteiger partial charge on any atom is -0.504 e. The van der Waals surface area contributed by atoms with Gasteiger partial charge in [-0.1, -0.05) is 24.8 Å². The van der Waals surface area contributed by atoms with Gasteiger partial charge in [-0.05, 0) is 66.5 Å². The summed E-state index contributed by atoms with van der Waals surface area (Å²) >= 11 is 0. The number of carbonyl (C=O) groups excluding carboxylic acids is 4. The molecule has 2 unspecified atom stereocenters. The summed E-state index contributed by atoms with van der Waals surface area (Å²) in [4.78, 5) is 52.0. The van der Waals surface area contributed by atoms with Gasteiger partial charge in [0, 0.05) is 23.1 Å². The summed E-state index contributed by atoms with van der Waals surface area (Å²) in [6.07, 6.45) is -2.64. The molecule has 0 spiro atoms.